The van der Waals surface area contributed by atoms with E-state index in [2.05, 4.69) is 38.6 Å². The summed E-state index contributed by atoms with van der Waals surface area (Å²) in [5.41, 5.74) is 4.99. The molecule has 0 radical (unpaired) electrons. The molecule has 0 unspecified atom stereocenters. The average molecular weight is 575 g/mol. The van der Waals surface area contributed by atoms with Gasteiger partial charge in [0.25, 0.3) is 0 Å². The maximum Gasteiger partial charge on any atom is 0.223 e. The van der Waals surface area contributed by atoms with E-state index >= 15 is 0 Å². The second kappa shape index (κ2) is 12.7. The summed E-state index contributed by atoms with van der Waals surface area (Å²) in [7, 11) is 0. The van der Waals surface area contributed by atoms with Crippen molar-refractivity contribution in [3.8, 4) is 11.5 Å². The highest BCUT2D eigenvalue weighted by atomic mass is 16.5. The first-order valence-corrected chi connectivity index (χ1v) is 14.5. The highest BCUT2D eigenvalue weighted by Crippen LogP contribution is 2.22. The molecular formula is C35H34N4O4. The molecular weight excluding hydrogens is 540 g/mol. The van der Waals surface area contributed by atoms with Crippen LogP contribution in [0, 0.1) is 0 Å². The molecule has 218 valence electrons. The molecule has 0 atom stereocenters. The molecule has 43 heavy (non-hydrogen) atoms. The summed E-state index contributed by atoms with van der Waals surface area (Å²) < 4.78 is 9.82. The summed E-state index contributed by atoms with van der Waals surface area (Å²) >= 11 is 0. The van der Waals surface area contributed by atoms with Crippen molar-refractivity contribution in [3.63, 3.8) is 0 Å². The number of benzene rings is 3. The summed E-state index contributed by atoms with van der Waals surface area (Å²) in [6.07, 6.45) is 3.38. The van der Waals surface area contributed by atoms with Gasteiger partial charge in [-0.2, -0.15) is 0 Å². The van der Waals surface area contributed by atoms with E-state index in [4.69, 9.17) is 4.74 Å². The number of hydrogen-bond acceptors (Lipinski definition) is 6. The molecule has 2 aliphatic heterocycles. The van der Waals surface area contributed by atoms with E-state index in [1.165, 1.54) is 18.0 Å². The minimum absolute atomic E-state index is 0.0582. The first-order valence-electron chi connectivity index (χ1n) is 14.5. The predicted molar refractivity (Wildman–Crippen MR) is 169 cm³/mol. The Morgan fingerprint density at radius 1 is 0.605 bits per heavy atom. The number of fused-ring (bicyclic) bond motifs is 2. The molecule has 0 saturated heterocycles. The van der Waals surface area contributed by atoms with Crippen molar-refractivity contribution in [2.75, 3.05) is 22.9 Å². The lowest BCUT2D eigenvalue weighted by molar-refractivity contribution is 0.299. The zero-order valence-electron chi connectivity index (χ0n) is 23.9. The van der Waals surface area contributed by atoms with E-state index < -0.39 is 0 Å². The predicted octanol–water partition coefficient (Wildman–Crippen LogP) is 5.02. The van der Waals surface area contributed by atoms with Gasteiger partial charge in [0.05, 0.1) is 25.5 Å². The van der Waals surface area contributed by atoms with Crippen LogP contribution in [-0.2, 0) is 32.8 Å². The molecule has 0 aliphatic carbocycles. The molecule has 4 heterocycles. The minimum atomic E-state index is -0.309. The number of pyridine rings is 2. The van der Waals surface area contributed by atoms with Gasteiger partial charge in [-0.3, -0.25) is 9.59 Å². The minimum Gasteiger partial charge on any atom is -0.503 e. The number of aromatic hydroxyl groups is 1. The Hall–Kier alpha value is -5.24. The average Bonchev–Trinajstić information content (AvgIpc) is 3.05. The fourth-order valence-electron chi connectivity index (χ4n) is 5.45. The first kappa shape index (κ1) is 27.9. The second-order valence-electron chi connectivity index (χ2n) is 10.7. The Labute approximate surface area is 250 Å². The fraction of sp³-hybridized carbons (Fsp3) is 0.200. The van der Waals surface area contributed by atoms with E-state index in [1.807, 2.05) is 77.5 Å². The third kappa shape index (κ3) is 6.64. The van der Waals surface area contributed by atoms with Gasteiger partial charge >= 0.3 is 0 Å². The van der Waals surface area contributed by atoms with Crippen LogP contribution in [-0.4, -0.2) is 27.3 Å². The van der Waals surface area contributed by atoms with Crippen molar-refractivity contribution in [3.05, 3.63) is 153 Å². The SMILES string of the molecule is O=c1cc2n(cc1O)CCN(c1ccccc1)C2.O=c1cc2n(cc1OCc1ccccc1)CCN(c1ccccc1)C2. The van der Waals surface area contributed by atoms with Crippen LogP contribution in [0.15, 0.2) is 125 Å². The van der Waals surface area contributed by atoms with Crippen LogP contribution in [0.1, 0.15) is 17.0 Å². The van der Waals surface area contributed by atoms with Crippen LogP contribution in [0.25, 0.3) is 0 Å². The van der Waals surface area contributed by atoms with Gasteiger partial charge in [0.15, 0.2) is 11.5 Å². The van der Waals surface area contributed by atoms with Crippen molar-refractivity contribution >= 4 is 11.4 Å². The van der Waals surface area contributed by atoms with Crippen LogP contribution in [0.2, 0.25) is 0 Å². The highest BCUT2D eigenvalue weighted by molar-refractivity contribution is 5.48. The van der Waals surface area contributed by atoms with E-state index in [0.717, 1.165) is 55.4 Å². The Balaban J connectivity index is 0.000000162. The van der Waals surface area contributed by atoms with Gasteiger partial charge in [0, 0.05) is 61.1 Å². The summed E-state index contributed by atoms with van der Waals surface area (Å²) in [4.78, 5) is 28.4. The Bertz CT molecular complexity index is 1790. The lowest BCUT2D eigenvalue weighted by Gasteiger charge is -2.32. The van der Waals surface area contributed by atoms with Gasteiger partial charge in [-0.1, -0.05) is 66.7 Å². The summed E-state index contributed by atoms with van der Waals surface area (Å²) in [6, 6.07) is 33.5. The second-order valence-corrected chi connectivity index (χ2v) is 10.7. The van der Waals surface area contributed by atoms with Crippen LogP contribution in [0.3, 0.4) is 0 Å². The van der Waals surface area contributed by atoms with Gasteiger partial charge in [0.2, 0.25) is 10.9 Å². The summed E-state index contributed by atoms with van der Waals surface area (Å²) in [5, 5.41) is 9.41. The smallest absolute Gasteiger partial charge is 0.223 e. The molecule has 0 bridgehead atoms. The molecule has 1 N–H and O–H groups in total. The Morgan fingerprint density at radius 3 is 1.65 bits per heavy atom. The number of nitrogens with zero attached hydrogens (tertiary/aromatic N) is 4. The molecule has 0 spiro atoms. The highest BCUT2D eigenvalue weighted by Gasteiger charge is 2.18. The maximum atomic E-state index is 12.4. The third-order valence-electron chi connectivity index (χ3n) is 7.79. The maximum absolute atomic E-state index is 12.4. The molecule has 5 aromatic rings. The van der Waals surface area contributed by atoms with E-state index in [0.29, 0.717) is 18.9 Å². The standard InChI is InChI=1S/C21H20N2O2.C14H14N2O2/c24-20-13-19-14-22(18-9-5-2-6-10-18)11-12-23(19)15-21(20)25-16-17-7-3-1-4-8-17;17-13-8-12-9-15(11-4-2-1-3-5-11)6-7-16(12)10-14(13)18/h1-10,13,15H,11-12,14,16H2;1-5,8,10,18H,6-7,9H2. The van der Waals surface area contributed by atoms with Crippen LogP contribution >= 0.6 is 0 Å². The molecule has 8 nitrogen and oxygen atoms in total. The number of aromatic nitrogens is 2. The monoisotopic (exact) mass is 574 g/mol. The normalized spacial score (nSPS) is 13.8. The zero-order valence-corrected chi connectivity index (χ0v) is 23.9. The third-order valence-corrected chi connectivity index (χ3v) is 7.79. The van der Waals surface area contributed by atoms with Crippen LogP contribution in [0.4, 0.5) is 11.4 Å². The quantitative estimate of drug-likeness (QED) is 0.318. The zero-order chi connectivity index (χ0) is 29.6. The lowest BCUT2D eigenvalue weighted by Crippen LogP contribution is -2.35. The van der Waals surface area contributed by atoms with Gasteiger partial charge < -0.3 is 28.8 Å². The topological polar surface area (TPSA) is 79.9 Å². The number of para-hydroxylation sites is 2. The molecule has 8 heteroatoms. The Kier molecular flexibility index (Phi) is 8.26. The molecule has 2 aromatic heterocycles. The number of ether oxygens (including phenoxy) is 1. The van der Waals surface area contributed by atoms with Gasteiger partial charge in [-0.25, -0.2) is 0 Å². The Morgan fingerprint density at radius 2 is 1.09 bits per heavy atom. The van der Waals surface area contributed by atoms with E-state index in [1.54, 1.807) is 6.07 Å². The molecule has 2 aliphatic rings. The lowest BCUT2D eigenvalue weighted by atomic mass is 10.2. The van der Waals surface area contributed by atoms with Crippen molar-refractivity contribution in [1.82, 2.24) is 9.13 Å². The number of anilines is 2. The largest absolute Gasteiger partial charge is 0.503 e. The molecule has 0 saturated carbocycles. The molecule has 0 amide bonds. The summed E-state index contributed by atoms with van der Waals surface area (Å²) in [5.74, 6) is 0.243. The van der Waals surface area contributed by atoms with Crippen LogP contribution in [0.5, 0.6) is 11.5 Å². The van der Waals surface area contributed by atoms with Gasteiger partial charge in [0.1, 0.15) is 6.61 Å². The van der Waals surface area contributed by atoms with Crippen LogP contribution < -0.4 is 25.4 Å². The van der Waals surface area contributed by atoms with E-state index in [-0.39, 0.29) is 16.6 Å². The molecule has 3 aromatic carbocycles. The summed E-state index contributed by atoms with van der Waals surface area (Å²) in [6.45, 7) is 5.24. The van der Waals surface area contributed by atoms with Crippen molar-refractivity contribution in [2.24, 2.45) is 0 Å². The number of hydrogen-bond donors (Lipinski definition) is 1. The van der Waals surface area contributed by atoms with Crippen molar-refractivity contribution < 1.29 is 9.84 Å². The van der Waals surface area contributed by atoms with Crippen molar-refractivity contribution in [2.45, 2.75) is 32.8 Å². The molecule has 0 fully saturated rings. The van der Waals surface area contributed by atoms with E-state index in [9.17, 15) is 14.7 Å². The van der Waals surface area contributed by atoms with Gasteiger partial charge in [-0.05, 0) is 29.8 Å². The number of rotatable bonds is 5. The first-order chi connectivity index (χ1) is 21.0. The fourth-order valence-corrected chi connectivity index (χ4v) is 5.45. The van der Waals surface area contributed by atoms with Gasteiger partial charge in [-0.15, -0.1) is 0 Å². The van der Waals surface area contributed by atoms with Crippen molar-refractivity contribution in [1.29, 1.82) is 0 Å². The molecule has 7 rings (SSSR count).